The third-order valence-corrected chi connectivity index (χ3v) is 3.55. The van der Waals surface area contributed by atoms with Crippen molar-refractivity contribution in [2.75, 3.05) is 6.61 Å². The predicted octanol–water partition coefficient (Wildman–Crippen LogP) is 4.54. The van der Waals surface area contributed by atoms with Crippen LogP contribution in [0, 0.1) is 6.92 Å². The molecule has 106 valence electrons. The van der Waals surface area contributed by atoms with E-state index in [4.69, 9.17) is 9.15 Å². The molecule has 0 unspecified atom stereocenters. The van der Waals surface area contributed by atoms with Gasteiger partial charge in [-0.3, -0.25) is 0 Å². The Morgan fingerprint density at radius 3 is 2.76 bits per heavy atom. The van der Waals surface area contributed by atoms with Crippen LogP contribution >= 0.6 is 15.9 Å². The number of fused-ring (bicyclic) bond motifs is 3. The second-order valence-corrected chi connectivity index (χ2v) is 5.97. The second kappa shape index (κ2) is 5.37. The van der Waals surface area contributed by atoms with E-state index in [-0.39, 0.29) is 5.63 Å². The van der Waals surface area contributed by atoms with Gasteiger partial charge in [-0.15, -0.1) is 0 Å². The molecular weight excluding hydrogens is 332 g/mol. The summed E-state index contributed by atoms with van der Waals surface area (Å²) in [4.78, 5) is 11.6. The normalized spacial score (nSPS) is 11.0. The topological polar surface area (TPSA) is 39.4 Å². The third kappa shape index (κ3) is 2.59. The molecule has 0 spiro atoms. The molecule has 3 aromatic rings. The lowest BCUT2D eigenvalue weighted by Gasteiger charge is -2.10. The van der Waals surface area contributed by atoms with Gasteiger partial charge < -0.3 is 9.15 Å². The van der Waals surface area contributed by atoms with Gasteiger partial charge >= 0.3 is 5.63 Å². The van der Waals surface area contributed by atoms with Crippen molar-refractivity contribution in [1.82, 2.24) is 0 Å². The van der Waals surface area contributed by atoms with Crippen molar-refractivity contribution in [3.05, 3.63) is 63.4 Å². The van der Waals surface area contributed by atoms with Gasteiger partial charge in [0.05, 0.1) is 0 Å². The molecule has 1 aromatic heterocycles. The number of hydrogen-bond acceptors (Lipinski definition) is 3. The minimum atomic E-state index is -0.340. The number of rotatable bonds is 3. The average Bonchev–Trinajstić information content (AvgIpc) is 2.44. The van der Waals surface area contributed by atoms with Crippen molar-refractivity contribution in [2.45, 2.75) is 6.92 Å². The molecule has 0 aliphatic carbocycles. The van der Waals surface area contributed by atoms with Gasteiger partial charge in [-0.1, -0.05) is 40.7 Å². The Balaban J connectivity index is 2.29. The number of halogens is 1. The van der Waals surface area contributed by atoms with Crippen LogP contribution in [0.15, 0.2) is 56.7 Å². The molecule has 0 bridgehead atoms. The smallest absolute Gasteiger partial charge is 0.336 e. The summed E-state index contributed by atoms with van der Waals surface area (Å²) in [7, 11) is 0. The number of ether oxygens (including phenoxy) is 1. The zero-order valence-corrected chi connectivity index (χ0v) is 13.1. The van der Waals surface area contributed by atoms with E-state index in [0.717, 1.165) is 32.0 Å². The van der Waals surface area contributed by atoms with Gasteiger partial charge in [0.2, 0.25) is 0 Å². The summed E-state index contributed by atoms with van der Waals surface area (Å²) < 4.78 is 11.9. The minimum Gasteiger partial charge on any atom is -0.488 e. The number of hydrogen-bond donors (Lipinski definition) is 0. The maximum absolute atomic E-state index is 11.6. The van der Waals surface area contributed by atoms with Crippen LogP contribution in [-0.4, -0.2) is 6.61 Å². The van der Waals surface area contributed by atoms with Crippen molar-refractivity contribution in [2.24, 2.45) is 0 Å². The van der Waals surface area contributed by atoms with Gasteiger partial charge in [-0.2, -0.15) is 0 Å². The van der Waals surface area contributed by atoms with E-state index in [9.17, 15) is 4.79 Å². The lowest BCUT2D eigenvalue weighted by molar-refractivity contribution is 0.365. The molecule has 0 radical (unpaired) electrons. The summed E-state index contributed by atoms with van der Waals surface area (Å²) in [6, 6.07) is 11.1. The first kappa shape index (κ1) is 13.9. The molecule has 0 saturated carbocycles. The Morgan fingerprint density at radius 2 is 2.00 bits per heavy atom. The van der Waals surface area contributed by atoms with E-state index in [1.54, 1.807) is 0 Å². The Kier molecular flexibility index (Phi) is 3.55. The van der Waals surface area contributed by atoms with E-state index < -0.39 is 0 Å². The van der Waals surface area contributed by atoms with E-state index in [1.165, 1.54) is 6.07 Å². The highest BCUT2D eigenvalue weighted by Gasteiger charge is 2.10. The second-order valence-electron chi connectivity index (χ2n) is 4.85. The van der Waals surface area contributed by atoms with Crippen molar-refractivity contribution in [3.63, 3.8) is 0 Å². The summed E-state index contributed by atoms with van der Waals surface area (Å²) in [6.07, 6.45) is 0. The fraction of sp³-hybridized carbons (Fsp3) is 0.118. The van der Waals surface area contributed by atoms with Crippen molar-refractivity contribution < 1.29 is 9.15 Å². The van der Waals surface area contributed by atoms with Crippen LogP contribution in [0.25, 0.3) is 21.7 Å². The zero-order chi connectivity index (χ0) is 15.0. The lowest BCUT2D eigenvalue weighted by Crippen LogP contribution is -1.99. The molecule has 0 amide bonds. The molecule has 4 heteroatoms. The van der Waals surface area contributed by atoms with Crippen LogP contribution < -0.4 is 10.4 Å². The van der Waals surface area contributed by atoms with Crippen LogP contribution in [0.3, 0.4) is 0 Å². The Bertz CT molecular complexity index is 909. The number of benzene rings is 2. The molecule has 2 aromatic carbocycles. The monoisotopic (exact) mass is 344 g/mol. The molecular formula is C17H13BrO3. The van der Waals surface area contributed by atoms with Crippen LogP contribution in [0.1, 0.15) is 5.56 Å². The summed E-state index contributed by atoms with van der Waals surface area (Å²) in [5, 5.41) is 2.71. The van der Waals surface area contributed by atoms with E-state index in [1.807, 2.05) is 37.3 Å². The molecule has 3 rings (SSSR count). The lowest BCUT2D eigenvalue weighted by atomic mass is 10.0. The molecule has 21 heavy (non-hydrogen) atoms. The fourth-order valence-electron chi connectivity index (χ4n) is 2.39. The van der Waals surface area contributed by atoms with Crippen molar-refractivity contribution >= 4 is 37.7 Å². The van der Waals surface area contributed by atoms with Gasteiger partial charge in [0, 0.05) is 26.7 Å². The largest absolute Gasteiger partial charge is 0.488 e. The maximum Gasteiger partial charge on any atom is 0.336 e. The van der Waals surface area contributed by atoms with Gasteiger partial charge in [0.15, 0.2) is 0 Å². The van der Waals surface area contributed by atoms with E-state index in [2.05, 4.69) is 22.5 Å². The van der Waals surface area contributed by atoms with Crippen molar-refractivity contribution in [1.29, 1.82) is 0 Å². The molecule has 0 fully saturated rings. The quantitative estimate of drug-likeness (QED) is 0.517. The fourth-order valence-corrected chi connectivity index (χ4v) is 2.50. The highest BCUT2D eigenvalue weighted by atomic mass is 79.9. The molecule has 3 nitrogen and oxygen atoms in total. The zero-order valence-electron chi connectivity index (χ0n) is 11.5. The van der Waals surface area contributed by atoms with E-state index >= 15 is 0 Å². The molecule has 0 atom stereocenters. The van der Waals surface area contributed by atoms with Gasteiger partial charge in [-0.05, 0) is 24.6 Å². The number of aryl methyl sites for hydroxylation is 1. The Morgan fingerprint density at radius 1 is 1.24 bits per heavy atom. The first-order chi connectivity index (χ1) is 10.1. The Hall–Kier alpha value is -2.07. The summed E-state index contributed by atoms with van der Waals surface area (Å²) in [6.45, 7) is 6.04. The summed E-state index contributed by atoms with van der Waals surface area (Å²) in [5.74, 6) is 0.735. The molecule has 1 heterocycles. The van der Waals surface area contributed by atoms with Crippen LogP contribution in [0.5, 0.6) is 5.75 Å². The highest BCUT2D eigenvalue weighted by molar-refractivity contribution is 9.11. The van der Waals surface area contributed by atoms with Crippen LogP contribution in [0.2, 0.25) is 0 Å². The maximum atomic E-state index is 11.6. The SMILES string of the molecule is C=C(Br)COc1cccc2c1ccc1c(C)cc(=O)oc12. The Labute approximate surface area is 130 Å². The minimum absolute atomic E-state index is 0.340. The molecule has 0 N–H and O–H groups in total. The molecule has 0 aliphatic heterocycles. The molecule has 0 aliphatic rings. The van der Waals surface area contributed by atoms with E-state index in [0.29, 0.717) is 12.2 Å². The van der Waals surface area contributed by atoms with Crippen LogP contribution in [0.4, 0.5) is 0 Å². The predicted molar refractivity (Wildman–Crippen MR) is 88.3 cm³/mol. The first-order valence-electron chi connectivity index (χ1n) is 6.48. The highest BCUT2D eigenvalue weighted by Crippen LogP contribution is 2.32. The van der Waals surface area contributed by atoms with Gasteiger partial charge in [0.1, 0.15) is 17.9 Å². The van der Waals surface area contributed by atoms with Gasteiger partial charge in [-0.25, -0.2) is 4.79 Å². The average molecular weight is 345 g/mol. The van der Waals surface area contributed by atoms with Crippen molar-refractivity contribution in [3.8, 4) is 5.75 Å². The standard InChI is InChI=1S/C17H13BrO3/c1-10-8-16(19)21-17-12(10)6-7-13-14(17)4-3-5-15(13)20-9-11(2)18/h3-8H,2,9H2,1H3. The van der Waals surface area contributed by atoms with Gasteiger partial charge in [0.25, 0.3) is 0 Å². The first-order valence-corrected chi connectivity index (χ1v) is 7.28. The van der Waals surface area contributed by atoms with Crippen LogP contribution in [-0.2, 0) is 0 Å². The molecule has 0 saturated heterocycles. The summed E-state index contributed by atoms with van der Waals surface area (Å²) >= 11 is 3.28. The summed E-state index contributed by atoms with van der Waals surface area (Å²) in [5.41, 5.74) is 1.16. The third-order valence-electron chi connectivity index (χ3n) is 3.32.